The molecule has 0 bridgehead atoms. The van der Waals surface area contributed by atoms with E-state index in [1.807, 2.05) is 0 Å². The molecular formula is C12H23N5. The molecule has 0 aromatic carbocycles. The van der Waals surface area contributed by atoms with Crippen LogP contribution < -0.4 is 11.1 Å². The van der Waals surface area contributed by atoms with Crippen LogP contribution in [-0.4, -0.2) is 28.3 Å². The van der Waals surface area contributed by atoms with Gasteiger partial charge in [0.1, 0.15) is 0 Å². The fourth-order valence-corrected chi connectivity index (χ4v) is 1.40. The van der Waals surface area contributed by atoms with Gasteiger partial charge in [-0.15, -0.1) is 5.10 Å². The van der Waals surface area contributed by atoms with Crippen LogP contribution in [0.4, 0.5) is 5.95 Å². The lowest BCUT2D eigenvalue weighted by molar-refractivity contribution is 0.404. The molecule has 0 amide bonds. The fourth-order valence-electron chi connectivity index (χ4n) is 1.40. The zero-order chi connectivity index (χ0) is 12.9. The van der Waals surface area contributed by atoms with Crippen LogP contribution in [0.2, 0.25) is 0 Å². The first kappa shape index (κ1) is 13.8. The zero-order valence-corrected chi connectivity index (χ0v) is 11.2. The third-order valence-electron chi connectivity index (χ3n) is 2.79. The molecule has 0 aliphatic rings. The zero-order valence-electron chi connectivity index (χ0n) is 11.2. The summed E-state index contributed by atoms with van der Waals surface area (Å²) in [5.74, 6) is 0.598. The number of hydrogen-bond acceptors (Lipinski definition) is 5. The first-order valence-electron chi connectivity index (χ1n) is 6.18. The van der Waals surface area contributed by atoms with Gasteiger partial charge in [0, 0.05) is 6.54 Å². The lowest BCUT2D eigenvalue weighted by atomic mass is 9.94. The van der Waals surface area contributed by atoms with Gasteiger partial charge in [-0.3, -0.25) is 0 Å². The molecular weight excluding hydrogens is 214 g/mol. The van der Waals surface area contributed by atoms with E-state index in [1.54, 1.807) is 0 Å². The first-order valence-corrected chi connectivity index (χ1v) is 6.18. The van der Waals surface area contributed by atoms with Crippen LogP contribution in [0, 0.1) is 5.41 Å². The molecule has 0 spiro atoms. The summed E-state index contributed by atoms with van der Waals surface area (Å²) in [7, 11) is 0. The fraction of sp³-hybridized carbons (Fsp3) is 0.750. The third-order valence-corrected chi connectivity index (χ3v) is 2.79. The maximum atomic E-state index is 5.68. The molecule has 0 radical (unpaired) electrons. The van der Waals surface area contributed by atoms with E-state index in [2.05, 4.69) is 48.2 Å². The third kappa shape index (κ3) is 3.93. The van der Waals surface area contributed by atoms with Gasteiger partial charge in [-0.2, -0.15) is 5.10 Å². The summed E-state index contributed by atoms with van der Waals surface area (Å²) >= 11 is 0. The Labute approximate surface area is 103 Å². The Hall–Kier alpha value is -1.23. The highest BCUT2D eigenvalue weighted by Crippen LogP contribution is 2.13. The van der Waals surface area contributed by atoms with E-state index in [4.69, 9.17) is 5.73 Å². The second-order valence-corrected chi connectivity index (χ2v) is 4.96. The predicted molar refractivity (Wildman–Crippen MR) is 69.9 cm³/mol. The maximum Gasteiger partial charge on any atom is 0.242 e. The minimum atomic E-state index is 0.0408. The van der Waals surface area contributed by atoms with Crippen molar-refractivity contribution < 1.29 is 0 Å². The molecule has 0 fully saturated rings. The Morgan fingerprint density at radius 2 is 1.76 bits per heavy atom. The number of nitrogens with zero attached hydrogens (tertiary/aromatic N) is 3. The van der Waals surface area contributed by atoms with Crippen LogP contribution in [0.15, 0.2) is 0 Å². The molecule has 0 aliphatic carbocycles. The number of nitrogens with two attached hydrogens (primary N) is 1. The quantitative estimate of drug-likeness (QED) is 0.782. The number of aromatic nitrogens is 3. The minimum absolute atomic E-state index is 0.0408. The summed E-state index contributed by atoms with van der Waals surface area (Å²) < 4.78 is 0. The molecule has 1 aromatic heterocycles. The lowest BCUT2D eigenvalue weighted by Crippen LogP contribution is -2.31. The predicted octanol–water partition coefficient (Wildman–Crippen LogP) is 1.39. The molecule has 96 valence electrons. The van der Waals surface area contributed by atoms with Crippen molar-refractivity contribution in [2.45, 2.75) is 40.5 Å². The van der Waals surface area contributed by atoms with Crippen molar-refractivity contribution in [2.75, 3.05) is 18.4 Å². The van der Waals surface area contributed by atoms with Crippen molar-refractivity contribution in [1.29, 1.82) is 0 Å². The number of aryl methyl sites for hydroxylation is 2. The molecule has 0 unspecified atom stereocenters. The maximum absolute atomic E-state index is 5.68. The van der Waals surface area contributed by atoms with Crippen LogP contribution in [0.1, 0.15) is 39.1 Å². The highest BCUT2D eigenvalue weighted by molar-refractivity contribution is 5.26. The smallest absolute Gasteiger partial charge is 0.242 e. The van der Waals surface area contributed by atoms with Gasteiger partial charge in [0.2, 0.25) is 5.95 Å². The van der Waals surface area contributed by atoms with Crippen LogP contribution in [0.25, 0.3) is 0 Å². The molecule has 1 rings (SSSR count). The molecule has 0 atom stereocenters. The summed E-state index contributed by atoms with van der Waals surface area (Å²) in [4.78, 5) is 4.47. The van der Waals surface area contributed by atoms with Gasteiger partial charge in [-0.25, -0.2) is 4.98 Å². The van der Waals surface area contributed by atoms with Gasteiger partial charge < -0.3 is 11.1 Å². The molecule has 1 aromatic rings. The van der Waals surface area contributed by atoms with E-state index in [1.165, 1.54) is 0 Å². The number of hydrogen-bond donors (Lipinski definition) is 2. The average molecular weight is 237 g/mol. The highest BCUT2D eigenvalue weighted by Gasteiger charge is 2.16. The number of nitrogens with one attached hydrogen (secondary N) is 1. The van der Waals surface area contributed by atoms with Crippen molar-refractivity contribution in [3.05, 3.63) is 11.4 Å². The summed E-state index contributed by atoms with van der Waals surface area (Å²) in [5, 5.41) is 11.5. The monoisotopic (exact) mass is 237 g/mol. The van der Waals surface area contributed by atoms with Crippen LogP contribution in [0.5, 0.6) is 0 Å². The molecule has 0 saturated heterocycles. The Balaban J connectivity index is 2.73. The SMILES string of the molecule is CCc1nnc(NCC(C)(C)CN)nc1CC. The van der Waals surface area contributed by atoms with E-state index >= 15 is 0 Å². The number of rotatable bonds is 6. The van der Waals surface area contributed by atoms with Crippen LogP contribution in [-0.2, 0) is 12.8 Å². The summed E-state index contributed by atoms with van der Waals surface area (Å²) in [6, 6.07) is 0. The Morgan fingerprint density at radius 3 is 2.29 bits per heavy atom. The van der Waals surface area contributed by atoms with Crippen molar-refractivity contribution >= 4 is 5.95 Å². The summed E-state index contributed by atoms with van der Waals surface area (Å²) in [6.07, 6.45) is 1.76. The Bertz CT molecular complexity index is 362. The van der Waals surface area contributed by atoms with Crippen LogP contribution >= 0.6 is 0 Å². The molecule has 0 aliphatic heterocycles. The molecule has 0 saturated carbocycles. The average Bonchev–Trinajstić information content (AvgIpc) is 2.36. The van der Waals surface area contributed by atoms with E-state index in [-0.39, 0.29) is 5.41 Å². The highest BCUT2D eigenvalue weighted by atomic mass is 15.2. The second kappa shape index (κ2) is 5.91. The normalized spacial score (nSPS) is 11.6. The van der Waals surface area contributed by atoms with Crippen LogP contribution in [0.3, 0.4) is 0 Å². The molecule has 5 heteroatoms. The van der Waals surface area contributed by atoms with Gasteiger partial charge in [-0.05, 0) is 24.8 Å². The van der Waals surface area contributed by atoms with Crippen molar-refractivity contribution in [3.8, 4) is 0 Å². The standard InChI is InChI=1S/C12H23N5/c1-5-9-10(6-2)16-17-11(15-9)14-8-12(3,4)7-13/h5-8,13H2,1-4H3,(H,14,15,17). The largest absolute Gasteiger partial charge is 0.352 e. The second-order valence-electron chi connectivity index (χ2n) is 4.96. The van der Waals surface area contributed by atoms with Gasteiger partial charge in [0.05, 0.1) is 11.4 Å². The van der Waals surface area contributed by atoms with Gasteiger partial charge in [0.25, 0.3) is 0 Å². The van der Waals surface area contributed by atoms with E-state index in [0.717, 1.165) is 30.8 Å². The lowest BCUT2D eigenvalue weighted by Gasteiger charge is -2.22. The van der Waals surface area contributed by atoms with E-state index in [9.17, 15) is 0 Å². The van der Waals surface area contributed by atoms with Crippen molar-refractivity contribution in [3.63, 3.8) is 0 Å². The number of anilines is 1. The minimum Gasteiger partial charge on any atom is -0.352 e. The van der Waals surface area contributed by atoms with Crippen molar-refractivity contribution in [2.24, 2.45) is 11.1 Å². The van der Waals surface area contributed by atoms with Crippen molar-refractivity contribution in [1.82, 2.24) is 15.2 Å². The Morgan fingerprint density at radius 1 is 1.12 bits per heavy atom. The molecule has 5 nitrogen and oxygen atoms in total. The molecule has 17 heavy (non-hydrogen) atoms. The molecule has 1 heterocycles. The van der Waals surface area contributed by atoms with Gasteiger partial charge in [-0.1, -0.05) is 27.7 Å². The van der Waals surface area contributed by atoms with Gasteiger partial charge in [0.15, 0.2) is 0 Å². The molecule has 3 N–H and O–H groups in total. The Kier molecular flexibility index (Phi) is 4.81. The van der Waals surface area contributed by atoms with E-state index < -0.39 is 0 Å². The summed E-state index contributed by atoms with van der Waals surface area (Å²) in [5.41, 5.74) is 7.72. The van der Waals surface area contributed by atoms with E-state index in [0.29, 0.717) is 12.5 Å². The topological polar surface area (TPSA) is 76.7 Å². The summed E-state index contributed by atoms with van der Waals surface area (Å²) in [6.45, 7) is 9.73. The first-order chi connectivity index (χ1) is 8.02. The van der Waals surface area contributed by atoms with Gasteiger partial charge >= 0.3 is 0 Å².